The second-order valence-electron chi connectivity index (χ2n) is 5.53. The van der Waals surface area contributed by atoms with Crippen LogP contribution in [-0.4, -0.2) is 41.4 Å². The number of rotatable bonds is 2. The summed E-state index contributed by atoms with van der Waals surface area (Å²) in [7, 11) is 0. The van der Waals surface area contributed by atoms with E-state index < -0.39 is 0 Å². The van der Waals surface area contributed by atoms with Crippen LogP contribution in [0.4, 0.5) is 0 Å². The highest BCUT2D eigenvalue weighted by molar-refractivity contribution is 6.21. The van der Waals surface area contributed by atoms with E-state index in [1.807, 2.05) is 0 Å². The lowest BCUT2D eigenvalue weighted by molar-refractivity contribution is 0.0500. The molecule has 2 amide bonds. The number of carbonyl (C=O) groups excluding carboxylic acids is 2. The van der Waals surface area contributed by atoms with Gasteiger partial charge < -0.3 is 0 Å². The predicted octanol–water partition coefficient (Wildman–Crippen LogP) is 1.97. The van der Waals surface area contributed by atoms with Crippen LogP contribution in [0.2, 0.25) is 0 Å². The van der Waals surface area contributed by atoms with Crippen LogP contribution in [0.15, 0.2) is 24.3 Å². The number of likely N-dealkylation sites (tertiary alicyclic amines) is 1. The van der Waals surface area contributed by atoms with Crippen LogP contribution in [0.25, 0.3) is 0 Å². The van der Waals surface area contributed by atoms with E-state index in [9.17, 15) is 9.59 Å². The molecule has 2 heterocycles. The molecule has 0 spiro atoms. The summed E-state index contributed by atoms with van der Waals surface area (Å²) in [6, 6.07) is 7.06. The van der Waals surface area contributed by atoms with E-state index in [-0.39, 0.29) is 11.8 Å². The zero-order valence-electron chi connectivity index (χ0n) is 11.1. The number of amides is 2. The minimum atomic E-state index is -0.153. The first-order valence-corrected chi connectivity index (χ1v) is 6.84. The minimum Gasteiger partial charge on any atom is -0.286 e. The van der Waals surface area contributed by atoms with Gasteiger partial charge in [-0.1, -0.05) is 19.1 Å². The molecule has 0 saturated carbocycles. The van der Waals surface area contributed by atoms with Crippen LogP contribution in [0.5, 0.6) is 0 Å². The molecule has 0 atom stereocenters. The third kappa shape index (κ3) is 2.16. The van der Waals surface area contributed by atoms with E-state index >= 15 is 0 Å². The van der Waals surface area contributed by atoms with Crippen molar-refractivity contribution in [1.82, 2.24) is 9.80 Å². The zero-order valence-corrected chi connectivity index (χ0v) is 11.1. The average molecular weight is 258 g/mol. The number of hydrogen-bond donors (Lipinski definition) is 0. The Morgan fingerprint density at radius 2 is 1.58 bits per heavy atom. The lowest BCUT2D eigenvalue weighted by Gasteiger charge is -2.32. The Bertz CT molecular complexity index is 484. The molecule has 0 N–H and O–H groups in total. The molecule has 1 saturated heterocycles. The van der Waals surface area contributed by atoms with Crippen molar-refractivity contribution < 1.29 is 9.59 Å². The number of imide groups is 1. The number of fused-ring (bicyclic) bond motifs is 1. The largest absolute Gasteiger partial charge is 0.286 e. The smallest absolute Gasteiger partial charge is 0.262 e. The van der Waals surface area contributed by atoms with Gasteiger partial charge in [0.25, 0.3) is 11.8 Å². The Morgan fingerprint density at radius 3 is 2.11 bits per heavy atom. The lowest BCUT2D eigenvalue weighted by Crippen LogP contribution is -2.44. The molecule has 0 aliphatic carbocycles. The molecular weight excluding hydrogens is 240 g/mol. The Hall–Kier alpha value is -1.68. The first-order valence-electron chi connectivity index (χ1n) is 6.84. The van der Waals surface area contributed by atoms with Gasteiger partial charge in [-0.3, -0.25) is 19.4 Å². The summed E-state index contributed by atoms with van der Waals surface area (Å²) >= 11 is 0. The van der Waals surface area contributed by atoms with Crippen molar-refractivity contribution in [2.45, 2.75) is 19.8 Å². The first-order chi connectivity index (χ1) is 9.16. The molecule has 0 radical (unpaired) electrons. The lowest BCUT2D eigenvalue weighted by atomic mass is 10.00. The van der Waals surface area contributed by atoms with E-state index in [2.05, 4.69) is 11.8 Å². The number of nitrogens with zero attached hydrogens (tertiary/aromatic N) is 2. The monoisotopic (exact) mass is 258 g/mol. The molecule has 2 aliphatic rings. The van der Waals surface area contributed by atoms with Crippen molar-refractivity contribution in [3.8, 4) is 0 Å². The van der Waals surface area contributed by atoms with Crippen LogP contribution < -0.4 is 0 Å². The van der Waals surface area contributed by atoms with Gasteiger partial charge in [-0.25, -0.2) is 0 Å². The van der Waals surface area contributed by atoms with Crippen molar-refractivity contribution in [3.63, 3.8) is 0 Å². The Labute approximate surface area is 113 Å². The van der Waals surface area contributed by atoms with E-state index in [0.717, 1.165) is 31.8 Å². The van der Waals surface area contributed by atoms with Gasteiger partial charge in [0.1, 0.15) is 0 Å². The molecule has 3 rings (SSSR count). The van der Waals surface area contributed by atoms with Crippen LogP contribution in [-0.2, 0) is 0 Å². The molecule has 1 aromatic rings. The van der Waals surface area contributed by atoms with Crippen molar-refractivity contribution in [1.29, 1.82) is 0 Å². The Balaban J connectivity index is 1.74. The van der Waals surface area contributed by atoms with Crippen molar-refractivity contribution >= 4 is 11.8 Å². The van der Waals surface area contributed by atoms with Crippen LogP contribution in [0, 0.1) is 5.92 Å². The van der Waals surface area contributed by atoms with Gasteiger partial charge in [0, 0.05) is 13.1 Å². The number of hydrogen-bond acceptors (Lipinski definition) is 3. The molecule has 0 unspecified atom stereocenters. The third-order valence-corrected chi connectivity index (χ3v) is 4.10. The Morgan fingerprint density at radius 1 is 1.05 bits per heavy atom. The van der Waals surface area contributed by atoms with Gasteiger partial charge in [0.2, 0.25) is 0 Å². The number of benzene rings is 1. The van der Waals surface area contributed by atoms with Gasteiger partial charge in [0.15, 0.2) is 0 Å². The summed E-state index contributed by atoms with van der Waals surface area (Å²) in [5.74, 6) is 0.442. The SMILES string of the molecule is CC1CCN(CN2C(=O)c3ccccc3C2=O)CC1. The second kappa shape index (κ2) is 4.78. The summed E-state index contributed by atoms with van der Waals surface area (Å²) < 4.78 is 0. The third-order valence-electron chi connectivity index (χ3n) is 4.10. The standard InChI is InChI=1S/C15H18N2O2/c1-11-6-8-16(9-7-11)10-17-14(18)12-4-2-3-5-13(12)15(17)19/h2-5,11H,6-10H2,1H3. The quantitative estimate of drug-likeness (QED) is 0.761. The molecular formula is C15H18N2O2. The van der Waals surface area contributed by atoms with Gasteiger partial charge >= 0.3 is 0 Å². The second-order valence-corrected chi connectivity index (χ2v) is 5.53. The maximum Gasteiger partial charge on any atom is 0.262 e. The van der Waals surface area contributed by atoms with Crippen molar-refractivity contribution in [2.24, 2.45) is 5.92 Å². The summed E-state index contributed by atoms with van der Waals surface area (Å²) in [6.45, 7) is 4.61. The van der Waals surface area contributed by atoms with Crippen molar-refractivity contribution in [2.75, 3.05) is 19.8 Å². The maximum absolute atomic E-state index is 12.2. The topological polar surface area (TPSA) is 40.6 Å². The summed E-state index contributed by atoms with van der Waals surface area (Å²) in [6.07, 6.45) is 2.28. The molecule has 19 heavy (non-hydrogen) atoms. The van der Waals surface area contributed by atoms with E-state index in [4.69, 9.17) is 0 Å². The van der Waals surface area contributed by atoms with Gasteiger partial charge in [-0.05, 0) is 30.9 Å². The molecule has 1 aromatic carbocycles. The zero-order chi connectivity index (χ0) is 13.4. The van der Waals surface area contributed by atoms with Crippen LogP contribution in [0.3, 0.4) is 0 Å². The predicted molar refractivity (Wildman–Crippen MR) is 71.8 cm³/mol. The minimum absolute atomic E-state index is 0.153. The van der Waals surface area contributed by atoms with Gasteiger partial charge in [0.05, 0.1) is 17.8 Å². The van der Waals surface area contributed by atoms with Crippen molar-refractivity contribution in [3.05, 3.63) is 35.4 Å². The molecule has 0 bridgehead atoms. The maximum atomic E-state index is 12.2. The highest BCUT2D eigenvalue weighted by atomic mass is 16.2. The molecule has 100 valence electrons. The van der Waals surface area contributed by atoms with Crippen LogP contribution in [0.1, 0.15) is 40.5 Å². The normalized spacial score (nSPS) is 21.0. The van der Waals surface area contributed by atoms with E-state index in [1.54, 1.807) is 24.3 Å². The molecule has 2 aliphatic heterocycles. The first kappa shape index (κ1) is 12.4. The molecule has 4 nitrogen and oxygen atoms in total. The fourth-order valence-electron chi connectivity index (χ4n) is 2.77. The number of piperidine rings is 1. The molecule has 4 heteroatoms. The van der Waals surface area contributed by atoms with Crippen LogP contribution >= 0.6 is 0 Å². The average Bonchev–Trinajstić information content (AvgIpc) is 2.67. The van der Waals surface area contributed by atoms with E-state index in [0.29, 0.717) is 17.8 Å². The molecule has 1 fully saturated rings. The summed E-state index contributed by atoms with van der Waals surface area (Å²) in [5.41, 5.74) is 1.08. The fraction of sp³-hybridized carbons (Fsp3) is 0.467. The van der Waals surface area contributed by atoms with Gasteiger partial charge in [-0.2, -0.15) is 0 Å². The molecule has 0 aromatic heterocycles. The summed E-state index contributed by atoms with van der Waals surface area (Å²) in [5, 5.41) is 0. The fourth-order valence-corrected chi connectivity index (χ4v) is 2.77. The summed E-state index contributed by atoms with van der Waals surface area (Å²) in [4.78, 5) is 28.0. The highest BCUT2D eigenvalue weighted by Crippen LogP contribution is 2.24. The number of carbonyl (C=O) groups is 2. The Kier molecular flexibility index (Phi) is 3.11. The highest BCUT2D eigenvalue weighted by Gasteiger charge is 2.36. The van der Waals surface area contributed by atoms with Gasteiger partial charge in [-0.15, -0.1) is 0 Å². The van der Waals surface area contributed by atoms with E-state index in [1.165, 1.54) is 4.90 Å².